The van der Waals surface area contributed by atoms with E-state index in [1.54, 1.807) is 6.07 Å². The Balaban J connectivity index is 1.77. The van der Waals surface area contributed by atoms with Crippen LogP contribution in [0.25, 0.3) is 0 Å². The first-order chi connectivity index (χ1) is 15.3. The number of carbonyl (C=O) groups is 1. The molecular formula is C22H17Cl2N3O5. The third kappa shape index (κ3) is 5.54. The summed E-state index contributed by atoms with van der Waals surface area (Å²) in [5.74, 6) is 0.612. The molecule has 0 bridgehead atoms. The number of anilines is 1. The van der Waals surface area contributed by atoms with Gasteiger partial charge in [-0.25, -0.2) is 4.79 Å². The Morgan fingerprint density at radius 1 is 1.06 bits per heavy atom. The number of ether oxygens (including phenoxy) is 2. The van der Waals surface area contributed by atoms with Crippen LogP contribution >= 0.6 is 23.2 Å². The van der Waals surface area contributed by atoms with Gasteiger partial charge in [-0.1, -0.05) is 41.4 Å². The number of nitrogens with one attached hydrogen (secondary N) is 1. The summed E-state index contributed by atoms with van der Waals surface area (Å²) in [6.45, 7) is 1.88. The van der Waals surface area contributed by atoms with E-state index >= 15 is 0 Å². The monoisotopic (exact) mass is 473 g/mol. The third-order valence-electron chi connectivity index (χ3n) is 4.29. The second-order valence-electron chi connectivity index (χ2n) is 6.49. The summed E-state index contributed by atoms with van der Waals surface area (Å²) in [6.07, 6.45) is 0. The minimum absolute atomic E-state index is 0.0747. The Kier molecular flexibility index (Phi) is 7.29. The van der Waals surface area contributed by atoms with Crippen LogP contribution in [-0.2, 0) is 4.74 Å². The maximum atomic E-state index is 12.4. The van der Waals surface area contributed by atoms with Crippen LogP contribution in [0.15, 0.2) is 65.7 Å². The number of aliphatic imine (C=N–C) groups is 1. The maximum absolute atomic E-state index is 12.4. The van der Waals surface area contributed by atoms with Gasteiger partial charge < -0.3 is 14.8 Å². The third-order valence-corrected chi connectivity index (χ3v) is 4.85. The number of aryl methyl sites for hydroxylation is 1. The first-order valence-corrected chi connectivity index (χ1v) is 9.95. The van der Waals surface area contributed by atoms with E-state index in [1.807, 2.05) is 25.1 Å². The molecule has 164 valence electrons. The number of methoxy groups -OCH3 is 1. The van der Waals surface area contributed by atoms with E-state index in [0.29, 0.717) is 17.0 Å². The summed E-state index contributed by atoms with van der Waals surface area (Å²) >= 11 is 12.5. The van der Waals surface area contributed by atoms with Gasteiger partial charge in [0.1, 0.15) is 5.75 Å². The Morgan fingerprint density at radius 2 is 1.69 bits per heavy atom. The zero-order valence-electron chi connectivity index (χ0n) is 17.0. The van der Waals surface area contributed by atoms with Crippen LogP contribution in [0.5, 0.6) is 11.5 Å². The highest BCUT2D eigenvalue weighted by atomic mass is 35.5. The molecule has 3 aromatic carbocycles. The lowest BCUT2D eigenvalue weighted by Gasteiger charge is -2.12. The van der Waals surface area contributed by atoms with Crippen molar-refractivity contribution in [3.05, 3.63) is 92.0 Å². The number of hydrogen-bond acceptors (Lipinski definition) is 5. The van der Waals surface area contributed by atoms with E-state index < -0.39 is 11.0 Å². The van der Waals surface area contributed by atoms with E-state index in [4.69, 9.17) is 32.7 Å². The molecule has 0 aromatic heterocycles. The van der Waals surface area contributed by atoms with Crippen molar-refractivity contribution >= 4 is 46.5 Å². The number of benzene rings is 3. The largest absolute Gasteiger partial charge is 0.480 e. The molecule has 3 rings (SSSR count). The molecule has 0 saturated heterocycles. The molecule has 0 unspecified atom stereocenters. The summed E-state index contributed by atoms with van der Waals surface area (Å²) in [6, 6.07) is 15.0. The van der Waals surface area contributed by atoms with Gasteiger partial charge in [0.15, 0.2) is 5.75 Å². The minimum atomic E-state index is -0.679. The average molecular weight is 474 g/mol. The molecule has 0 fully saturated rings. The predicted molar refractivity (Wildman–Crippen MR) is 123 cm³/mol. The van der Waals surface area contributed by atoms with Gasteiger partial charge in [-0.05, 0) is 42.8 Å². The molecule has 0 aliphatic heterocycles. The lowest BCUT2D eigenvalue weighted by Crippen LogP contribution is -2.13. The molecule has 8 nitrogen and oxygen atoms in total. The molecule has 0 saturated carbocycles. The molecule has 0 radical (unpaired) electrons. The van der Waals surface area contributed by atoms with Gasteiger partial charge >= 0.3 is 6.03 Å². The van der Waals surface area contributed by atoms with E-state index in [2.05, 4.69) is 10.3 Å². The molecule has 0 heterocycles. The standard InChI is InChI=1S/C22H17Cl2N3O5/c1-13-5-3-4-6-17(13)21(31-2)26-22(28)25-14-11-18(23)20(19(24)12-14)32-16-9-7-15(8-10-16)27(29)30/h3-12H,1-2H3,(H,25,28). The SMILES string of the molecule is COC(=NC(=O)Nc1cc(Cl)c(Oc2ccc([N+](=O)[O-])cc2)c(Cl)c1)c1ccccc1C. The highest BCUT2D eigenvalue weighted by Crippen LogP contribution is 2.39. The van der Waals surface area contributed by atoms with Crippen LogP contribution < -0.4 is 10.1 Å². The van der Waals surface area contributed by atoms with Crippen molar-refractivity contribution in [2.45, 2.75) is 6.92 Å². The molecular weight excluding hydrogens is 457 g/mol. The fraction of sp³-hybridized carbons (Fsp3) is 0.0909. The molecule has 0 aliphatic carbocycles. The number of nitrogens with zero attached hydrogens (tertiary/aromatic N) is 2. The van der Waals surface area contributed by atoms with Crippen LogP contribution in [-0.4, -0.2) is 24.0 Å². The lowest BCUT2D eigenvalue weighted by atomic mass is 10.1. The van der Waals surface area contributed by atoms with Crippen molar-refractivity contribution in [2.24, 2.45) is 4.99 Å². The van der Waals surface area contributed by atoms with Crippen molar-refractivity contribution < 1.29 is 19.2 Å². The summed E-state index contributed by atoms with van der Waals surface area (Å²) in [4.78, 5) is 26.6. The number of rotatable bonds is 5. The number of nitro benzene ring substituents is 1. The van der Waals surface area contributed by atoms with Gasteiger partial charge in [0.25, 0.3) is 5.69 Å². The molecule has 2 amide bonds. The summed E-state index contributed by atoms with van der Waals surface area (Å²) in [5, 5.41) is 13.6. The molecule has 0 aliphatic rings. The number of nitro groups is 1. The topological polar surface area (TPSA) is 103 Å². The van der Waals surface area contributed by atoms with Gasteiger partial charge in [0, 0.05) is 23.4 Å². The second kappa shape index (κ2) is 10.1. The fourth-order valence-corrected chi connectivity index (χ4v) is 3.32. The van der Waals surface area contributed by atoms with Gasteiger partial charge in [-0.2, -0.15) is 4.99 Å². The number of amides is 2. The summed E-state index contributed by atoms with van der Waals surface area (Å²) in [7, 11) is 1.43. The van der Waals surface area contributed by atoms with Gasteiger partial charge in [-0.15, -0.1) is 0 Å². The second-order valence-corrected chi connectivity index (χ2v) is 7.30. The number of urea groups is 1. The molecule has 1 N–H and O–H groups in total. The highest BCUT2D eigenvalue weighted by Gasteiger charge is 2.15. The predicted octanol–water partition coefficient (Wildman–Crippen LogP) is 6.63. The van der Waals surface area contributed by atoms with Gasteiger partial charge in [-0.3, -0.25) is 10.1 Å². The number of non-ortho nitro benzene ring substituents is 1. The van der Waals surface area contributed by atoms with Crippen LogP contribution in [0.2, 0.25) is 10.0 Å². The summed E-state index contributed by atoms with van der Waals surface area (Å²) in [5.41, 5.74) is 1.81. The van der Waals surface area contributed by atoms with E-state index in [-0.39, 0.29) is 27.4 Å². The van der Waals surface area contributed by atoms with E-state index in [9.17, 15) is 14.9 Å². The Bertz CT molecular complexity index is 1170. The van der Waals surface area contributed by atoms with Crippen molar-refractivity contribution in [1.82, 2.24) is 0 Å². The van der Waals surface area contributed by atoms with E-state index in [0.717, 1.165) is 5.56 Å². The first-order valence-electron chi connectivity index (χ1n) is 9.19. The van der Waals surface area contributed by atoms with Crippen LogP contribution in [0.4, 0.5) is 16.2 Å². The van der Waals surface area contributed by atoms with Crippen LogP contribution in [0.1, 0.15) is 11.1 Å². The normalized spacial score (nSPS) is 11.1. The Labute approximate surface area is 193 Å². The average Bonchev–Trinajstić information content (AvgIpc) is 2.75. The summed E-state index contributed by atoms with van der Waals surface area (Å²) < 4.78 is 10.9. The van der Waals surface area contributed by atoms with Crippen LogP contribution in [0.3, 0.4) is 0 Å². The zero-order valence-corrected chi connectivity index (χ0v) is 18.5. The van der Waals surface area contributed by atoms with Crippen molar-refractivity contribution in [2.75, 3.05) is 12.4 Å². The van der Waals surface area contributed by atoms with Gasteiger partial charge in [0.05, 0.1) is 22.1 Å². The zero-order chi connectivity index (χ0) is 23.3. The molecule has 3 aromatic rings. The van der Waals surface area contributed by atoms with E-state index in [1.165, 1.54) is 43.5 Å². The smallest absolute Gasteiger partial charge is 0.348 e. The maximum Gasteiger partial charge on any atom is 0.348 e. The van der Waals surface area contributed by atoms with Gasteiger partial charge in [0.2, 0.25) is 5.90 Å². The number of carbonyl (C=O) groups excluding carboxylic acids is 1. The first kappa shape index (κ1) is 23.1. The molecule has 0 atom stereocenters. The Hall–Kier alpha value is -3.62. The number of hydrogen-bond donors (Lipinski definition) is 1. The molecule has 0 spiro atoms. The van der Waals surface area contributed by atoms with Crippen LogP contribution in [0, 0.1) is 17.0 Å². The minimum Gasteiger partial charge on any atom is -0.480 e. The molecule has 10 heteroatoms. The number of halogens is 2. The Morgan fingerprint density at radius 3 is 2.25 bits per heavy atom. The fourth-order valence-electron chi connectivity index (χ4n) is 2.76. The lowest BCUT2D eigenvalue weighted by molar-refractivity contribution is -0.384. The van der Waals surface area contributed by atoms with Crippen molar-refractivity contribution in [3.63, 3.8) is 0 Å². The quantitative estimate of drug-likeness (QED) is 0.194. The van der Waals surface area contributed by atoms with Crippen molar-refractivity contribution in [1.29, 1.82) is 0 Å². The highest BCUT2D eigenvalue weighted by molar-refractivity contribution is 6.37. The molecule has 32 heavy (non-hydrogen) atoms. The van der Waals surface area contributed by atoms with Crippen molar-refractivity contribution in [3.8, 4) is 11.5 Å².